The minimum Gasteiger partial charge on any atom is -0.366 e. The van der Waals surface area contributed by atoms with Crippen LogP contribution >= 0.6 is 0 Å². The lowest BCUT2D eigenvalue weighted by atomic mass is 10.2. The van der Waals surface area contributed by atoms with Gasteiger partial charge in [0.05, 0.1) is 0 Å². The molecular weight excluding hydrogens is 288 g/mol. The largest absolute Gasteiger partial charge is 0.366 e. The number of benzene rings is 1. The Kier molecular flexibility index (Phi) is 5.86. The molecule has 1 amide bonds. The topological polar surface area (TPSA) is 66.9 Å². The average Bonchev–Trinajstić information content (AvgIpc) is 2.58. The van der Waals surface area contributed by atoms with Crippen LogP contribution < -0.4 is 10.6 Å². The molecular formula is C18H22N4O. The third-order valence-corrected chi connectivity index (χ3v) is 3.09. The zero-order valence-electron chi connectivity index (χ0n) is 13.5. The maximum Gasteiger partial charge on any atom is 0.270 e. The summed E-state index contributed by atoms with van der Waals surface area (Å²) in [6, 6.07) is 11.3. The highest BCUT2D eigenvalue weighted by Crippen LogP contribution is 2.17. The summed E-state index contributed by atoms with van der Waals surface area (Å²) < 4.78 is 0. The van der Waals surface area contributed by atoms with Crippen molar-refractivity contribution < 1.29 is 4.79 Å². The molecule has 1 heterocycles. The predicted molar refractivity (Wildman–Crippen MR) is 93.3 cm³/mol. The average molecular weight is 310 g/mol. The zero-order valence-corrected chi connectivity index (χ0v) is 13.5. The van der Waals surface area contributed by atoms with Gasteiger partial charge in [0, 0.05) is 24.7 Å². The van der Waals surface area contributed by atoms with Gasteiger partial charge < -0.3 is 10.6 Å². The van der Waals surface area contributed by atoms with Crippen LogP contribution in [-0.4, -0.2) is 29.0 Å². The molecule has 1 aromatic heterocycles. The second-order valence-electron chi connectivity index (χ2n) is 5.60. The third-order valence-electron chi connectivity index (χ3n) is 3.09. The van der Waals surface area contributed by atoms with Crippen LogP contribution in [-0.2, 0) is 0 Å². The summed E-state index contributed by atoms with van der Waals surface area (Å²) in [5, 5.41) is 6.00. The summed E-state index contributed by atoms with van der Waals surface area (Å²) >= 11 is 0. The van der Waals surface area contributed by atoms with Gasteiger partial charge in [0.1, 0.15) is 11.5 Å². The Morgan fingerprint density at radius 1 is 1.26 bits per heavy atom. The first-order chi connectivity index (χ1) is 11.1. The number of aromatic nitrogens is 2. The molecule has 120 valence electrons. The summed E-state index contributed by atoms with van der Waals surface area (Å²) in [5.74, 6) is 1.32. The fourth-order valence-electron chi connectivity index (χ4n) is 1.93. The maximum atomic E-state index is 12.3. The van der Waals surface area contributed by atoms with Crippen LogP contribution in [0.3, 0.4) is 0 Å². The van der Waals surface area contributed by atoms with Gasteiger partial charge in [-0.2, -0.15) is 0 Å². The molecule has 5 heteroatoms. The van der Waals surface area contributed by atoms with Crippen LogP contribution in [0, 0.1) is 5.92 Å². The molecule has 0 saturated heterocycles. The van der Waals surface area contributed by atoms with Crippen molar-refractivity contribution in [1.82, 2.24) is 15.3 Å². The molecule has 0 spiro atoms. The first-order valence-electron chi connectivity index (χ1n) is 7.67. The molecule has 2 rings (SSSR count). The summed E-state index contributed by atoms with van der Waals surface area (Å²) in [7, 11) is 0. The number of hydrogen-bond acceptors (Lipinski definition) is 4. The van der Waals surface area contributed by atoms with E-state index in [2.05, 4.69) is 27.2 Å². The molecule has 0 radical (unpaired) electrons. The third kappa shape index (κ3) is 4.92. The van der Waals surface area contributed by atoms with Crippen LogP contribution in [0.5, 0.6) is 0 Å². The van der Waals surface area contributed by atoms with Crippen molar-refractivity contribution in [2.45, 2.75) is 13.8 Å². The first-order valence-corrected chi connectivity index (χ1v) is 7.67. The molecule has 0 fully saturated rings. The van der Waals surface area contributed by atoms with E-state index in [-0.39, 0.29) is 5.91 Å². The number of nitrogens with one attached hydrogen (secondary N) is 2. The van der Waals surface area contributed by atoms with Crippen LogP contribution in [0.2, 0.25) is 0 Å². The molecule has 0 saturated carbocycles. The fourth-order valence-corrected chi connectivity index (χ4v) is 1.93. The molecule has 0 atom stereocenters. The van der Waals surface area contributed by atoms with Crippen molar-refractivity contribution in [1.29, 1.82) is 0 Å². The van der Waals surface area contributed by atoms with E-state index in [1.54, 1.807) is 12.1 Å². The van der Waals surface area contributed by atoms with Crippen molar-refractivity contribution in [3.8, 4) is 11.4 Å². The Bertz CT molecular complexity index is 668. The van der Waals surface area contributed by atoms with Gasteiger partial charge in [-0.25, -0.2) is 9.97 Å². The predicted octanol–water partition coefficient (Wildman–Crippen LogP) is 3.13. The van der Waals surface area contributed by atoms with Gasteiger partial charge in [-0.05, 0) is 5.92 Å². The van der Waals surface area contributed by atoms with E-state index in [0.717, 1.165) is 5.56 Å². The monoisotopic (exact) mass is 310 g/mol. The summed E-state index contributed by atoms with van der Waals surface area (Å²) in [4.78, 5) is 21.2. The van der Waals surface area contributed by atoms with Crippen LogP contribution in [0.25, 0.3) is 11.4 Å². The lowest BCUT2D eigenvalue weighted by molar-refractivity contribution is 0.0944. The quantitative estimate of drug-likeness (QED) is 0.771. The molecule has 2 N–H and O–H groups in total. The Labute approximate surface area is 136 Å². The van der Waals surface area contributed by atoms with Crippen molar-refractivity contribution in [2.24, 2.45) is 5.92 Å². The molecule has 0 aliphatic carbocycles. The molecule has 0 aliphatic heterocycles. The van der Waals surface area contributed by atoms with Crippen molar-refractivity contribution in [3.63, 3.8) is 0 Å². The lowest BCUT2D eigenvalue weighted by Gasteiger charge is -2.10. The Hall–Kier alpha value is -2.69. The summed E-state index contributed by atoms with van der Waals surface area (Å²) in [6.07, 6.45) is 1.74. The normalized spacial score (nSPS) is 10.4. The van der Waals surface area contributed by atoms with Crippen LogP contribution in [0.15, 0.2) is 49.1 Å². The molecule has 0 aliphatic rings. The molecule has 2 aromatic rings. The minimum atomic E-state index is -0.195. The smallest absolute Gasteiger partial charge is 0.270 e. The van der Waals surface area contributed by atoms with E-state index in [1.807, 2.05) is 44.2 Å². The standard InChI is InChI=1S/C18H22N4O/c1-4-10-19-16-11-15(18(23)20-12-13(2)3)21-17(22-16)14-8-6-5-7-9-14/h4-9,11,13H,1,10,12H2,2-3H3,(H,20,23)(H,19,21,22). The molecule has 23 heavy (non-hydrogen) atoms. The highest BCUT2D eigenvalue weighted by molar-refractivity contribution is 5.93. The molecule has 1 aromatic carbocycles. The maximum absolute atomic E-state index is 12.3. The number of carbonyl (C=O) groups is 1. The first kappa shape index (κ1) is 16.7. The number of anilines is 1. The molecule has 5 nitrogen and oxygen atoms in total. The van der Waals surface area contributed by atoms with Gasteiger partial charge in [0.2, 0.25) is 0 Å². The van der Waals surface area contributed by atoms with E-state index in [4.69, 9.17) is 0 Å². The minimum absolute atomic E-state index is 0.195. The summed E-state index contributed by atoms with van der Waals surface area (Å²) in [6.45, 7) is 8.95. The SMILES string of the molecule is C=CCNc1cc(C(=O)NCC(C)C)nc(-c2ccccc2)n1. The highest BCUT2D eigenvalue weighted by atomic mass is 16.1. The molecule has 0 bridgehead atoms. The van der Waals surface area contributed by atoms with Gasteiger partial charge >= 0.3 is 0 Å². The fraction of sp³-hybridized carbons (Fsp3) is 0.278. The summed E-state index contributed by atoms with van der Waals surface area (Å²) in [5.41, 5.74) is 1.22. The number of amides is 1. The van der Waals surface area contributed by atoms with Crippen molar-refractivity contribution in [3.05, 3.63) is 54.7 Å². The van der Waals surface area contributed by atoms with E-state index >= 15 is 0 Å². The Morgan fingerprint density at radius 2 is 2.00 bits per heavy atom. The zero-order chi connectivity index (χ0) is 16.7. The van der Waals surface area contributed by atoms with E-state index in [1.165, 1.54) is 0 Å². The number of hydrogen-bond donors (Lipinski definition) is 2. The van der Waals surface area contributed by atoms with Crippen molar-refractivity contribution >= 4 is 11.7 Å². The van der Waals surface area contributed by atoms with Gasteiger partial charge in [0.25, 0.3) is 5.91 Å². The van der Waals surface area contributed by atoms with E-state index in [9.17, 15) is 4.79 Å². The molecule has 0 unspecified atom stereocenters. The number of nitrogens with zero attached hydrogens (tertiary/aromatic N) is 2. The van der Waals surface area contributed by atoms with Gasteiger partial charge in [-0.3, -0.25) is 4.79 Å². The lowest BCUT2D eigenvalue weighted by Crippen LogP contribution is -2.28. The number of carbonyl (C=O) groups excluding carboxylic acids is 1. The highest BCUT2D eigenvalue weighted by Gasteiger charge is 2.13. The van der Waals surface area contributed by atoms with Crippen molar-refractivity contribution in [2.75, 3.05) is 18.4 Å². The number of rotatable bonds is 7. The van der Waals surface area contributed by atoms with Crippen LogP contribution in [0.1, 0.15) is 24.3 Å². The Balaban J connectivity index is 2.33. The Morgan fingerprint density at radius 3 is 2.65 bits per heavy atom. The van der Waals surface area contributed by atoms with E-state index in [0.29, 0.717) is 36.3 Å². The second kappa shape index (κ2) is 8.08. The van der Waals surface area contributed by atoms with E-state index < -0.39 is 0 Å². The van der Waals surface area contributed by atoms with Gasteiger partial charge in [-0.15, -0.1) is 6.58 Å². The van der Waals surface area contributed by atoms with Crippen LogP contribution in [0.4, 0.5) is 5.82 Å². The van der Waals surface area contributed by atoms with Gasteiger partial charge in [-0.1, -0.05) is 50.3 Å². The second-order valence-corrected chi connectivity index (χ2v) is 5.60. The van der Waals surface area contributed by atoms with Gasteiger partial charge in [0.15, 0.2) is 5.82 Å².